The molecule has 1 saturated heterocycles. The van der Waals surface area contributed by atoms with E-state index in [9.17, 15) is 0 Å². The summed E-state index contributed by atoms with van der Waals surface area (Å²) in [5.74, 6) is 3.08. The molecular weight excluding hydrogens is 256 g/mol. The number of methoxy groups -OCH3 is 1. The van der Waals surface area contributed by atoms with Crippen LogP contribution in [0.5, 0.6) is 5.75 Å². The van der Waals surface area contributed by atoms with Crippen molar-refractivity contribution in [1.82, 2.24) is 0 Å². The van der Waals surface area contributed by atoms with Gasteiger partial charge in [-0.25, -0.2) is 0 Å². The molecule has 0 aromatic heterocycles. The summed E-state index contributed by atoms with van der Waals surface area (Å²) in [5.41, 5.74) is 1.88. The lowest BCUT2D eigenvalue weighted by molar-refractivity contribution is 0.304. The average Bonchev–Trinajstić information content (AvgIpc) is 2.41. The van der Waals surface area contributed by atoms with Crippen LogP contribution < -0.4 is 10.1 Å². The van der Waals surface area contributed by atoms with E-state index in [1.165, 1.54) is 12.2 Å². The summed E-state index contributed by atoms with van der Waals surface area (Å²) in [6.45, 7) is 4.61. The minimum atomic E-state index is 0.282. The van der Waals surface area contributed by atoms with Gasteiger partial charge in [-0.05, 0) is 29.7 Å². The second-order valence-corrected chi connectivity index (χ2v) is 6.69. The maximum absolute atomic E-state index is 8.92. The first kappa shape index (κ1) is 14.1. The number of benzene rings is 1. The number of anilines is 1. The Morgan fingerprint density at radius 1 is 1.47 bits per heavy atom. The summed E-state index contributed by atoms with van der Waals surface area (Å²) in [6, 6.07) is 8.11. The van der Waals surface area contributed by atoms with Gasteiger partial charge in [-0.2, -0.15) is 17.0 Å². The van der Waals surface area contributed by atoms with Crippen molar-refractivity contribution in [3.8, 4) is 11.8 Å². The SMILES string of the molecule is COc1cc(C#N)ccc1NC1CSCCC1(C)C. The molecule has 2 rings (SSSR count). The molecule has 1 aromatic rings. The van der Waals surface area contributed by atoms with E-state index in [0.29, 0.717) is 11.6 Å². The first-order chi connectivity index (χ1) is 9.06. The molecule has 0 aliphatic carbocycles. The number of hydrogen-bond donors (Lipinski definition) is 1. The lowest BCUT2D eigenvalue weighted by Crippen LogP contribution is -2.41. The maximum Gasteiger partial charge on any atom is 0.143 e. The Bertz CT molecular complexity index is 493. The third kappa shape index (κ3) is 3.16. The first-order valence-electron chi connectivity index (χ1n) is 6.49. The van der Waals surface area contributed by atoms with E-state index in [4.69, 9.17) is 10.00 Å². The highest BCUT2D eigenvalue weighted by atomic mass is 32.2. The fourth-order valence-electron chi connectivity index (χ4n) is 2.24. The van der Waals surface area contributed by atoms with E-state index >= 15 is 0 Å². The third-order valence-corrected chi connectivity index (χ3v) is 4.84. The second kappa shape index (κ2) is 5.75. The molecule has 1 unspecified atom stereocenters. The van der Waals surface area contributed by atoms with Gasteiger partial charge in [-0.1, -0.05) is 13.8 Å². The molecule has 0 radical (unpaired) electrons. The van der Waals surface area contributed by atoms with Gasteiger partial charge in [0.25, 0.3) is 0 Å². The highest BCUT2D eigenvalue weighted by Gasteiger charge is 2.32. The summed E-state index contributed by atoms with van der Waals surface area (Å²) < 4.78 is 5.38. The van der Waals surface area contributed by atoms with E-state index in [2.05, 4.69) is 25.2 Å². The summed E-state index contributed by atoms with van der Waals surface area (Å²) in [6.07, 6.45) is 1.22. The van der Waals surface area contributed by atoms with Crippen molar-refractivity contribution >= 4 is 17.4 Å². The van der Waals surface area contributed by atoms with Gasteiger partial charge < -0.3 is 10.1 Å². The van der Waals surface area contributed by atoms with Crippen molar-refractivity contribution in [2.45, 2.75) is 26.3 Å². The highest BCUT2D eigenvalue weighted by molar-refractivity contribution is 7.99. The van der Waals surface area contributed by atoms with Crippen LogP contribution in [0.2, 0.25) is 0 Å². The van der Waals surface area contributed by atoms with Gasteiger partial charge in [-0.3, -0.25) is 0 Å². The standard InChI is InChI=1S/C15H20N2OS/c1-15(2)6-7-19-10-14(15)17-12-5-4-11(9-16)8-13(12)18-3/h4-5,8,14,17H,6-7,10H2,1-3H3. The third-order valence-electron chi connectivity index (χ3n) is 3.78. The predicted molar refractivity (Wildman–Crippen MR) is 80.8 cm³/mol. The summed E-state index contributed by atoms with van der Waals surface area (Å²) in [7, 11) is 1.64. The maximum atomic E-state index is 8.92. The second-order valence-electron chi connectivity index (χ2n) is 5.54. The minimum Gasteiger partial charge on any atom is -0.495 e. The van der Waals surface area contributed by atoms with E-state index in [1.54, 1.807) is 13.2 Å². The normalized spacial score (nSPS) is 21.5. The molecule has 102 valence electrons. The van der Waals surface area contributed by atoms with Crippen LogP contribution >= 0.6 is 11.8 Å². The number of thioether (sulfide) groups is 1. The number of ether oxygens (including phenoxy) is 1. The Morgan fingerprint density at radius 3 is 2.89 bits per heavy atom. The van der Waals surface area contributed by atoms with Gasteiger partial charge in [-0.15, -0.1) is 0 Å². The first-order valence-corrected chi connectivity index (χ1v) is 7.65. The molecule has 0 saturated carbocycles. The molecule has 1 fully saturated rings. The van der Waals surface area contributed by atoms with E-state index in [-0.39, 0.29) is 5.41 Å². The van der Waals surface area contributed by atoms with E-state index in [1.807, 2.05) is 23.9 Å². The van der Waals surface area contributed by atoms with Gasteiger partial charge in [0.15, 0.2) is 0 Å². The number of nitriles is 1. The molecule has 0 bridgehead atoms. The van der Waals surface area contributed by atoms with Crippen LogP contribution in [-0.4, -0.2) is 24.7 Å². The lowest BCUT2D eigenvalue weighted by atomic mass is 9.82. The number of rotatable bonds is 3. The Balaban J connectivity index is 2.21. The Labute approximate surface area is 119 Å². The number of nitrogens with zero attached hydrogens (tertiary/aromatic N) is 1. The smallest absolute Gasteiger partial charge is 0.143 e. The topological polar surface area (TPSA) is 45.0 Å². The van der Waals surface area contributed by atoms with Gasteiger partial charge in [0.1, 0.15) is 5.75 Å². The van der Waals surface area contributed by atoms with Crippen molar-refractivity contribution < 1.29 is 4.74 Å². The average molecular weight is 276 g/mol. The van der Waals surface area contributed by atoms with Gasteiger partial charge in [0, 0.05) is 17.9 Å². The molecule has 19 heavy (non-hydrogen) atoms. The van der Waals surface area contributed by atoms with Crippen LogP contribution in [0.1, 0.15) is 25.8 Å². The van der Waals surface area contributed by atoms with Crippen LogP contribution in [0.15, 0.2) is 18.2 Å². The van der Waals surface area contributed by atoms with Crippen LogP contribution in [0.25, 0.3) is 0 Å². The van der Waals surface area contributed by atoms with Crippen molar-refractivity contribution in [1.29, 1.82) is 5.26 Å². The van der Waals surface area contributed by atoms with Crippen LogP contribution in [0.4, 0.5) is 5.69 Å². The molecule has 1 N–H and O–H groups in total. The van der Waals surface area contributed by atoms with Gasteiger partial charge in [0.2, 0.25) is 0 Å². The molecule has 3 nitrogen and oxygen atoms in total. The van der Waals surface area contributed by atoms with Crippen LogP contribution in [-0.2, 0) is 0 Å². The molecule has 0 spiro atoms. The molecule has 1 atom stereocenters. The molecule has 1 aliphatic rings. The monoisotopic (exact) mass is 276 g/mol. The summed E-state index contributed by atoms with van der Waals surface area (Å²) in [4.78, 5) is 0. The summed E-state index contributed by atoms with van der Waals surface area (Å²) in [5, 5.41) is 12.5. The minimum absolute atomic E-state index is 0.282. The Hall–Kier alpha value is -1.34. The molecular formula is C15H20N2OS. The lowest BCUT2D eigenvalue weighted by Gasteiger charge is -2.39. The van der Waals surface area contributed by atoms with Crippen molar-refractivity contribution in [2.24, 2.45) is 5.41 Å². The van der Waals surface area contributed by atoms with E-state index < -0.39 is 0 Å². The van der Waals surface area contributed by atoms with Crippen LogP contribution in [0, 0.1) is 16.7 Å². The number of nitrogens with one attached hydrogen (secondary N) is 1. The fraction of sp³-hybridized carbons (Fsp3) is 0.533. The largest absolute Gasteiger partial charge is 0.495 e. The van der Waals surface area contributed by atoms with Crippen molar-refractivity contribution in [3.63, 3.8) is 0 Å². The quantitative estimate of drug-likeness (QED) is 0.917. The molecule has 1 aromatic carbocycles. The molecule has 1 aliphatic heterocycles. The van der Waals surface area contributed by atoms with Gasteiger partial charge >= 0.3 is 0 Å². The highest BCUT2D eigenvalue weighted by Crippen LogP contribution is 2.37. The van der Waals surface area contributed by atoms with Crippen LogP contribution in [0.3, 0.4) is 0 Å². The van der Waals surface area contributed by atoms with Crippen molar-refractivity contribution in [3.05, 3.63) is 23.8 Å². The van der Waals surface area contributed by atoms with Gasteiger partial charge in [0.05, 0.1) is 24.4 Å². The zero-order valence-electron chi connectivity index (χ0n) is 11.7. The molecule has 4 heteroatoms. The number of hydrogen-bond acceptors (Lipinski definition) is 4. The zero-order valence-corrected chi connectivity index (χ0v) is 12.5. The van der Waals surface area contributed by atoms with Crippen molar-refractivity contribution in [2.75, 3.05) is 23.9 Å². The Morgan fingerprint density at radius 2 is 2.26 bits per heavy atom. The molecule has 0 amide bonds. The Kier molecular flexibility index (Phi) is 4.26. The zero-order chi connectivity index (χ0) is 13.9. The fourth-order valence-corrected chi connectivity index (χ4v) is 3.85. The predicted octanol–water partition coefficient (Wildman–Crippen LogP) is 3.51. The molecule has 1 heterocycles. The summed E-state index contributed by atoms with van der Waals surface area (Å²) >= 11 is 1.99. The van der Waals surface area contributed by atoms with E-state index in [0.717, 1.165) is 17.2 Å².